The van der Waals surface area contributed by atoms with E-state index in [0.29, 0.717) is 10.8 Å². The lowest BCUT2D eigenvalue weighted by atomic mass is 10.1. The fourth-order valence-corrected chi connectivity index (χ4v) is 2.19. The highest BCUT2D eigenvalue weighted by molar-refractivity contribution is 8.00. The van der Waals surface area contributed by atoms with Gasteiger partial charge in [-0.15, -0.1) is 6.58 Å². The molecular formula is C13H27NS. The third-order valence-electron chi connectivity index (χ3n) is 2.21. The van der Waals surface area contributed by atoms with Crippen LogP contribution in [-0.2, 0) is 0 Å². The highest BCUT2D eigenvalue weighted by Crippen LogP contribution is 2.24. The number of hydrogen-bond acceptors (Lipinski definition) is 2. The maximum absolute atomic E-state index is 6.05. The number of allylic oxidation sites excluding steroid dienone is 1. The normalized spacial score (nSPS) is 13.9. The van der Waals surface area contributed by atoms with Crippen LogP contribution < -0.4 is 5.73 Å². The molecule has 0 aliphatic heterocycles. The lowest BCUT2D eigenvalue weighted by Gasteiger charge is -2.20. The second-order valence-electron chi connectivity index (χ2n) is 5.11. The molecular weight excluding hydrogens is 202 g/mol. The van der Waals surface area contributed by atoms with Crippen LogP contribution in [-0.4, -0.2) is 16.5 Å². The third-order valence-corrected chi connectivity index (χ3v) is 3.67. The van der Waals surface area contributed by atoms with Crippen molar-refractivity contribution < 1.29 is 0 Å². The van der Waals surface area contributed by atoms with E-state index in [9.17, 15) is 0 Å². The molecule has 0 radical (unpaired) electrons. The van der Waals surface area contributed by atoms with Crippen LogP contribution in [0, 0.1) is 0 Å². The van der Waals surface area contributed by atoms with E-state index in [-0.39, 0.29) is 0 Å². The van der Waals surface area contributed by atoms with Gasteiger partial charge in [0.25, 0.3) is 0 Å². The van der Waals surface area contributed by atoms with Crippen molar-refractivity contribution in [1.82, 2.24) is 0 Å². The third kappa shape index (κ3) is 12.0. The second-order valence-corrected chi connectivity index (χ2v) is 6.96. The maximum Gasteiger partial charge on any atom is 0.0130 e. The number of thioether (sulfide) groups is 1. The molecule has 90 valence electrons. The highest BCUT2D eigenvalue weighted by atomic mass is 32.2. The molecule has 2 N–H and O–H groups in total. The molecule has 0 spiro atoms. The molecule has 0 aromatic carbocycles. The standard InChI is InChI=1S/C13H27NS/c1-5-6-7-8-9-10-12(14)11-15-13(2,3)4/h5,12H,1,6-11,14H2,2-4H3. The van der Waals surface area contributed by atoms with Gasteiger partial charge in [0.2, 0.25) is 0 Å². The maximum atomic E-state index is 6.05. The summed E-state index contributed by atoms with van der Waals surface area (Å²) in [6.45, 7) is 10.5. The van der Waals surface area contributed by atoms with Crippen LogP contribution in [0.25, 0.3) is 0 Å². The second kappa shape index (κ2) is 8.23. The summed E-state index contributed by atoms with van der Waals surface area (Å²) in [4.78, 5) is 0. The van der Waals surface area contributed by atoms with Crippen molar-refractivity contribution in [3.05, 3.63) is 12.7 Å². The van der Waals surface area contributed by atoms with Crippen molar-refractivity contribution in [3.63, 3.8) is 0 Å². The van der Waals surface area contributed by atoms with Gasteiger partial charge in [-0.1, -0.05) is 39.7 Å². The minimum absolute atomic E-state index is 0.348. The van der Waals surface area contributed by atoms with Crippen LogP contribution in [0.1, 0.15) is 52.9 Å². The Morgan fingerprint density at radius 2 is 1.93 bits per heavy atom. The zero-order valence-electron chi connectivity index (χ0n) is 10.6. The molecule has 0 rings (SSSR count). The Morgan fingerprint density at radius 3 is 2.47 bits per heavy atom. The molecule has 0 heterocycles. The van der Waals surface area contributed by atoms with Crippen LogP contribution in [0.4, 0.5) is 0 Å². The molecule has 0 saturated carbocycles. The van der Waals surface area contributed by atoms with Crippen molar-refractivity contribution >= 4 is 11.8 Å². The van der Waals surface area contributed by atoms with Gasteiger partial charge in [0.05, 0.1) is 0 Å². The van der Waals surface area contributed by atoms with E-state index in [1.54, 1.807) is 0 Å². The van der Waals surface area contributed by atoms with Gasteiger partial charge in [-0.2, -0.15) is 11.8 Å². The number of nitrogens with two attached hydrogens (primary N) is 1. The van der Waals surface area contributed by atoms with E-state index in [2.05, 4.69) is 27.4 Å². The summed E-state index contributed by atoms with van der Waals surface area (Å²) >= 11 is 1.97. The predicted molar refractivity (Wildman–Crippen MR) is 73.5 cm³/mol. The first-order chi connectivity index (χ1) is 6.95. The van der Waals surface area contributed by atoms with E-state index in [1.807, 2.05) is 17.8 Å². The predicted octanol–water partition coefficient (Wildman–Crippen LogP) is 3.98. The van der Waals surface area contributed by atoms with Crippen LogP contribution >= 0.6 is 11.8 Å². The zero-order valence-corrected chi connectivity index (χ0v) is 11.4. The minimum atomic E-state index is 0.348. The van der Waals surface area contributed by atoms with Gasteiger partial charge in [-0.3, -0.25) is 0 Å². The fraction of sp³-hybridized carbons (Fsp3) is 0.846. The highest BCUT2D eigenvalue weighted by Gasteiger charge is 2.12. The van der Waals surface area contributed by atoms with Gasteiger partial charge >= 0.3 is 0 Å². The molecule has 0 fully saturated rings. The average molecular weight is 229 g/mol. The molecule has 1 unspecified atom stereocenters. The molecule has 0 bridgehead atoms. The summed E-state index contributed by atoms with van der Waals surface area (Å²) in [5.74, 6) is 1.09. The van der Waals surface area contributed by atoms with Gasteiger partial charge in [0, 0.05) is 16.5 Å². The van der Waals surface area contributed by atoms with Crippen molar-refractivity contribution in [2.45, 2.75) is 63.7 Å². The van der Waals surface area contributed by atoms with Gasteiger partial charge in [-0.05, 0) is 19.3 Å². The summed E-state index contributed by atoms with van der Waals surface area (Å²) in [6, 6.07) is 0.373. The van der Waals surface area contributed by atoms with E-state index >= 15 is 0 Å². The Hall–Kier alpha value is 0.0500. The summed E-state index contributed by atoms with van der Waals surface area (Å²) in [5.41, 5.74) is 6.05. The lowest BCUT2D eigenvalue weighted by molar-refractivity contribution is 0.585. The molecule has 0 aromatic rings. The molecule has 1 atom stereocenters. The molecule has 2 heteroatoms. The Bertz CT molecular complexity index is 160. The van der Waals surface area contributed by atoms with Gasteiger partial charge < -0.3 is 5.73 Å². The van der Waals surface area contributed by atoms with Crippen molar-refractivity contribution in [3.8, 4) is 0 Å². The van der Waals surface area contributed by atoms with Crippen LogP contribution in [0.5, 0.6) is 0 Å². The fourth-order valence-electron chi connectivity index (χ4n) is 1.31. The summed E-state index contributed by atoms with van der Waals surface area (Å²) in [6.07, 6.45) is 8.13. The van der Waals surface area contributed by atoms with Gasteiger partial charge in [-0.25, -0.2) is 0 Å². The molecule has 0 aromatic heterocycles. The number of rotatable bonds is 8. The average Bonchev–Trinajstić information content (AvgIpc) is 2.13. The van der Waals surface area contributed by atoms with E-state index in [4.69, 9.17) is 5.73 Å². The first-order valence-corrected chi connectivity index (χ1v) is 6.94. The summed E-state index contributed by atoms with van der Waals surface area (Å²) in [7, 11) is 0. The lowest BCUT2D eigenvalue weighted by Crippen LogP contribution is -2.25. The molecule has 0 aliphatic carbocycles. The van der Waals surface area contributed by atoms with Crippen molar-refractivity contribution in [2.24, 2.45) is 5.73 Å². The Balaban J connectivity index is 3.33. The number of hydrogen-bond donors (Lipinski definition) is 1. The molecule has 0 amide bonds. The number of unbranched alkanes of at least 4 members (excludes halogenated alkanes) is 3. The van der Waals surface area contributed by atoms with E-state index in [0.717, 1.165) is 12.2 Å². The van der Waals surface area contributed by atoms with Crippen LogP contribution in [0.15, 0.2) is 12.7 Å². The minimum Gasteiger partial charge on any atom is -0.327 e. The van der Waals surface area contributed by atoms with Gasteiger partial charge in [0.1, 0.15) is 0 Å². The first-order valence-electron chi connectivity index (χ1n) is 5.96. The Morgan fingerprint density at radius 1 is 1.27 bits per heavy atom. The summed E-state index contributed by atoms with van der Waals surface area (Å²) in [5, 5.41) is 0. The topological polar surface area (TPSA) is 26.0 Å². The Labute approximate surface area is 99.9 Å². The quantitative estimate of drug-likeness (QED) is 0.503. The van der Waals surface area contributed by atoms with Crippen molar-refractivity contribution in [1.29, 1.82) is 0 Å². The zero-order chi connectivity index (χ0) is 11.7. The molecule has 0 aliphatic rings. The molecule has 15 heavy (non-hydrogen) atoms. The van der Waals surface area contributed by atoms with Gasteiger partial charge in [0.15, 0.2) is 0 Å². The van der Waals surface area contributed by atoms with E-state index in [1.165, 1.54) is 25.7 Å². The summed E-state index contributed by atoms with van der Waals surface area (Å²) < 4.78 is 0.348. The smallest absolute Gasteiger partial charge is 0.0130 e. The van der Waals surface area contributed by atoms with Crippen LogP contribution in [0.2, 0.25) is 0 Å². The van der Waals surface area contributed by atoms with Crippen molar-refractivity contribution in [2.75, 3.05) is 5.75 Å². The SMILES string of the molecule is C=CCCCCCC(N)CSC(C)(C)C. The molecule has 0 saturated heterocycles. The van der Waals surface area contributed by atoms with E-state index < -0.39 is 0 Å². The monoisotopic (exact) mass is 229 g/mol. The largest absolute Gasteiger partial charge is 0.327 e. The first kappa shape index (κ1) is 15.0. The molecule has 1 nitrogen and oxygen atoms in total. The van der Waals surface area contributed by atoms with Crippen LogP contribution in [0.3, 0.4) is 0 Å². The Kier molecular flexibility index (Phi) is 8.26.